The number of methoxy groups -OCH3 is 2. The summed E-state index contributed by atoms with van der Waals surface area (Å²) in [4.78, 5) is 37.5. The van der Waals surface area contributed by atoms with Gasteiger partial charge in [0.2, 0.25) is 11.8 Å². The number of carbonyl (C=O) groups excluding carboxylic acids is 3. The van der Waals surface area contributed by atoms with E-state index in [0.29, 0.717) is 29.4 Å². The number of carbonyl (C=O) groups is 3. The van der Waals surface area contributed by atoms with Crippen LogP contribution >= 0.6 is 0 Å². The molecule has 4 N–H and O–H groups in total. The Balaban J connectivity index is 1.61. The number of urea groups is 1. The van der Waals surface area contributed by atoms with E-state index in [0.717, 1.165) is 5.56 Å². The summed E-state index contributed by atoms with van der Waals surface area (Å²) in [6, 6.07) is 11.5. The molecule has 1 atom stereocenters. The van der Waals surface area contributed by atoms with E-state index in [-0.39, 0.29) is 24.8 Å². The summed E-state index contributed by atoms with van der Waals surface area (Å²) in [6.45, 7) is 0.584. The van der Waals surface area contributed by atoms with E-state index in [4.69, 9.17) is 15.2 Å². The van der Waals surface area contributed by atoms with Gasteiger partial charge in [0.25, 0.3) is 0 Å². The lowest BCUT2D eigenvalue weighted by Crippen LogP contribution is -2.32. The number of nitrogens with two attached hydrogens (primary N) is 1. The van der Waals surface area contributed by atoms with E-state index < -0.39 is 11.9 Å². The number of nitrogens with zero attached hydrogens (tertiary/aromatic N) is 1. The molecule has 0 aliphatic carbocycles. The second-order valence-electron chi connectivity index (χ2n) is 6.85. The SMILES string of the molecule is COc1ccc(N2CC(C(=O)NCc3ccc(NC(N)=O)cc3)CC2=O)c(OC)c1. The maximum absolute atomic E-state index is 12.6. The molecule has 0 spiro atoms. The van der Waals surface area contributed by atoms with Gasteiger partial charge < -0.3 is 30.7 Å². The molecule has 158 valence electrons. The van der Waals surface area contributed by atoms with Gasteiger partial charge in [0.1, 0.15) is 11.5 Å². The molecule has 9 heteroatoms. The third-order valence-corrected chi connectivity index (χ3v) is 4.86. The van der Waals surface area contributed by atoms with Gasteiger partial charge >= 0.3 is 6.03 Å². The first kappa shape index (κ1) is 21.0. The standard InChI is InChI=1S/C21H24N4O5/c1-29-16-7-8-17(18(10-16)30-2)25-12-14(9-19(25)26)20(27)23-11-13-3-5-15(6-4-13)24-21(22)28/h3-8,10,14H,9,11-12H2,1-2H3,(H,23,27)(H3,22,24,28). The van der Waals surface area contributed by atoms with Crippen molar-refractivity contribution >= 4 is 29.2 Å². The Morgan fingerprint density at radius 1 is 1.13 bits per heavy atom. The number of primary amides is 1. The van der Waals surface area contributed by atoms with E-state index in [1.165, 1.54) is 7.11 Å². The fraction of sp³-hybridized carbons (Fsp3) is 0.286. The van der Waals surface area contributed by atoms with Gasteiger partial charge in [0.05, 0.1) is 25.8 Å². The van der Waals surface area contributed by atoms with E-state index in [1.807, 2.05) is 0 Å². The van der Waals surface area contributed by atoms with Crippen molar-refractivity contribution in [3.8, 4) is 11.5 Å². The second kappa shape index (κ2) is 9.17. The fourth-order valence-electron chi connectivity index (χ4n) is 3.31. The van der Waals surface area contributed by atoms with Gasteiger partial charge in [-0.15, -0.1) is 0 Å². The number of amides is 4. The highest BCUT2D eigenvalue weighted by Crippen LogP contribution is 2.35. The van der Waals surface area contributed by atoms with E-state index in [9.17, 15) is 14.4 Å². The smallest absolute Gasteiger partial charge is 0.316 e. The van der Waals surface area contributed by atoms with E-state index in [1.54, 1.807) is 54.5 Å². The maximum atomic E-state index is 12.6. The molecule has 0 bridgehead atoms. The normalized spacial score (nSPS) is 15.6. The first-order chi connectivity index (χ1) is 14.4. The minimum atomic E-state index is -0.639. The number of hydrogen-bond donors (Lipinski definition) is 3. The summed E-state index contributed by atoms with van der Waals surface area (Å²) in [5.74, 6) is 0.334. The Bertz CT molecular complexity index is 945. The Hall–Kier alpha value is -3.75. The number of anilines is 2. The molecule has 2 aromatic rings. The Morgan fingerprint density at radius 2 is 1.87 bits per heavy atom. The van der Waals surface area contributed by atoms with Crippen LogP contribution in [-0.4, -0.2) is 38.6 Å². The quantitative estimate of drug-likeness (QED) is 0.641. The predicted octanol–water partition coefficient (Wildman–Crippen LogP) is 1.86. The molecule has 1 saturated heterocycles. The van der Waals surface area contributed by atoms with Gasteiger partial charge in [0.15, 0.2) is 0 Å². The summed E-state index contributed by atoms with van der Waals surface area (Å²) in [5, 5.41) is 5.33. The van der Waals surface area contributed by atoms with Gasteiger partial charge in [-0.3, -0.25) is 9.59 Å². The Morgan fingerprint density at radius 3 is 2.50 bits per heavy atom. The van der Waals surface area contributed by atoms with Gasteiger partial charge in [-0.2, -0.15) is 0 Å². The van der Waals surface area contributed by atoms with Crippen LogP contribution in [0.2, 0.25) is 0 Å². The van der Waals surface area contributed by atoms with Crippen LogP contribution < -0.4 is 30.7 Å². The number of hydrogen-bond acceptors (Lipinski definition) is 5. The van der Waals surface area contributed by atoms with E-state index >= 15 is 0 Å². The summed E-state index contributed by atoms with van der Waals surface area (Å²) < 4.78 is 10.6. The van der Waals surface area contributed by atoms with Crippen molar-refractivity contribution in [3.63, 3.8) is 0 Å². The summed E-state index contributed by atoms with van der Waals surface area (Å²) in [6.07, 6.45) is 0.127. The lowest BCUT2D eigenvalue weighted by atomic mass is 10.1. The van der Waals surface area contributed by atoms with Crippen LogP contribution in [-0.2, 0) is 16.1 Å². The first-order valence-electron chi connectivity index (χ1n) is 9.36. The van der Waals surface area contributed by atoms with Gasteiger partial charge in [0, 0.05) is 31.3 Å². The van der Waals surface area contributed by atoms with Crippen LogP contribution in [0.4, 0.5) is 16.2 Å². The number of nitrogens with one attached hydrogen (secondary N) is 2. The highest BCUT2D eigenvalue weighted by molar-refractivity contribution is 6.01. The van der Waals surface area contributed by atoms with Gasteiger partial charge in [-0.05, 0) is 29.8 Å². The zero-order valence-corrected chi connectivity index (χ0v) is 16.8. The van der Waals surface area contributed by atoms with E-state index in [2.05, 4.69) is 10.6 Å². The molecule has 0 radical (unpaired) electrons. The number of benzene rings is 2. The van der Waals surface area contributed by atoms with Crippen LogP contribution in [0.1, 0.15) is 12.0 Å². The molecule has 1 heterocycles. The minimum absolute atomic E-state index is 0.127. The molecule has 0 saturated carbocycles. The molecule has 1 fully saturated rings. The monoisotopic (exact) mass is 412 g/mol. The van der Waals surface area contributed by atoms with Crippen LogP contribution in [0.25, 0.3) is 0 Å². The van der Waals surface area contributed by atoms with Crippen molar-refractivity contribution < 1.29 is 23.9 Å². The molecular weight excluding hydrogens is 388 g/mol. The molecule has 3 rings (SSSR count). The van der Waals surface area contributed by atoms with Crippen LogP contribution in [0.5, 0.6) is 11.5 Å². The van der Waals surface area contributed by atoms with Crippen molar-refractivity contribution in [2.45, 2.75) is 13.0 Å². The largest absolute Gasteiger partial charge is 0.497 e. The van der Waals surface area contributed by atoms with Crippen molar-refractivity contribution in [2.75, 3.05) is 31.0 Å². The summed E-state index contributed by atoms with van der Waals surface area (Å²) in [7, 11) is 3.07. The maximum Gasteiger partial charge on any atom is 0.316 e. The molecule has 1 aliphatic rings. The zero-order chi connectivity index (χ0) is 21.7. The molecule has 1 aliphatic heterocycles. The average molecular weight is 412 g/mol. The van der Waals surface area contributed by atoms with Crippen LogP contribution in [0, 0.1) is 5.92 Å². The topological polar surface area (TPSA) is 123 Å². The fourth-order valence-corrected chi connectivity index (χ4v) is 3.31. The van der Waals surface area contributed by atoms with Crippen molar-refractivity contribution in [3.05, 3.63) is 48.0 Å². The van der Waals surface area contributed by atoms with Crippen molar-refractivity contribution in [1.82, 2.24) is 5.32 Å². The molecule has 0 aromatic heterocycles. The minimum Gasteiger partial charge on any atom is -0.497 e. The van der Waals surface area contributed by atoms with Crippen molar-refractivity contribution in [1.29, 1.82) is 0 Å². The molecule has 4 amide bonds. The average Bonchev–Trinajstić information content (AvgIpc) is 3.13. The highest BCUT2D eigenvalue weighted by Gasteiger charge is 2.36. The predicted molar refractivity (Wildman–Crippen MR) is 112 cm³/mol. The molecule has 2 aromatic carbocycles. The molecule has 9 nitrogen and oxygen atoms in total. The zero-order valence-electron chi connectivity index (χ0n) is 16.8. The van der Waals surface area contributed by atoms with Crippen LogP contribution in [0.15, 0.2) is 42.5 Å². The third-order valence-electron chi connectivity index (χ3n) is 4.86. The Kier molecular flexibility index (Phi) is 6.41. The molecule has 1 unspecified atom stereocenters. The lowest BCUT2D eigenvalue weighted by Gasteiger charge is -2.20. The van der Waals surface area contributed by atoms with Crippen LogP contribution in [0.3, 0.4) is 0 Å². The first-order valence-corrected chi connectivity index (χ1v) is 9.36. The number of ether oxygens (including phenoxy) is 2. The third kappa shape index (κ3) is 4.80. The Labute approximate surface area is 174 Å². The number of rotatable bonds is 7. The lowest BCUT2D eigenvalue weighted by molar-refractivity contribution is -0.126. The van der Waals surface area contributed by atoms with Gasteiger partial charge in [-0.25, -0.2) is 4.79 Å². The summed E-state index contributed by atoms with van der Waals surface area (Å²) >= 11 is 0. The molecular formula is C21H24N4O5. The van der Waals surface area contributed by atoms with Gasteiger partial charge in [-0.1, -0.05) is 12.1 Å². The summed E-state index contributed by atoms with van der Waals surface area (Å²) in [5.41, 5.74) is 7.11. The van der Waals surface area contributed by atoms with Crippen molar-refractivity contribution in [2.24, 2.45) is 11.7 Å². The second-order valence-corrected chi connectivity index (χ2v) is 6.85. The highest BCUT2D eigenvalue weighted by atomic mass is 16.5. The molecule has 30 heavy (non-hydrogen) atoms.